The van der Waals surface area contributed by atoms with Crippen molar-refractivity contribution in [3.05, 3.63) is 64.3 Å². The molecule has 0 saturated heterocycles. The Morgan fingerprint density at radius 1 is 0.900 bits per heavy atom. The van der Waals surface area contributed by atoms with Crippen molar-refractivity contribution in [1.29, 1.82) is 0 Å². The zero-order chi connectivity index (χ0) is 14.1. The van der Waals surface area contributed by atoms with Crippen molar-refractivity contribution in [2.45, 2.75) is 6.92 Å². The lowest BCUT2D eigenvalue weighted by Gasteiger charge is -2.11. The second-order valence-electron chi connectivity index (χ2n) is 4.60. The van der Waals surface area contributed by atoms with Crippen molar-refractivity contribution in [3.63, 3.8) is 0 Å². The minimum atomic E-state index is 0.697. The quantitative estimate of drug-likeness (QED) is 0.667. The first-order chi connectivity index (χ1) is 9.61. The van der Waals surface area contributed by atoms with Gasteiger partial charge in [-0.25, -0.2) is 0 Å². The summed E-state index contributed by atoms with van der Waals surface area (Å²) in [7, 11) is 0. The van der Waals surface area contributed by atoms with Crippen LogP contribution < -0.4 is 5.32 Å². The van der Waals surface area contributed by atoms with Crippen LogP contribution in [0.4, 0.5) is 11.4 Å². The molecular weight excluding hydrogens is 291 g/mol. The molecule has 0 bridgehead atoms. The van der Waals surface area contributed by atoms with E-state index in [1.807, 2.05) is 55.5 Å². The van der Waals surface area contributed by atoms with Crippen LogP contribution in [0.25, 0.3) is 10.9 Å². The third-order valence-electron chi connectivity index (χ3n) is 3.02. The third kappa shape index (κ3) is 2.72. The highest BCUT2D eigenvalue weighted by molar-refractivity contribution is 6.31. The maximum Gasteiger partial charge on any atom is 0.0727 e. The van der Waals surface area contributed by atoms with Crippen LogP contribution in [0.2, 0.25) is 10.0 Å². The number of hydrogen-bond acceptors (Lipinski definition) is 2. The minimum absolute atomic E-state index is 0.697. The summed E-state index contributed by atoms with van der Waals surface area (Å²) in [5, 5.41) is 5.80. The predicted molar refractivity (Wildman–Crippen MR) is 86.2 cm³/mol. The number of nitrogens with one attached hydrogen (secondary N) is 1. The van der Waals surface area contributed by atoms with Crippen LogP contribution in [0.15, 0.2) is 48.5 Å². The average molecular weight is 303 g/mol. The SMILES string of the molecule is Cc1cc(Nc2ccc(Cl)cc2)c2cc(Cl)ccc2n1. The van der Waals surface area contributed by atoms with E-state index in [0.29, 0.717) is 5.02 Å². The summed E-state index contributed by atoms with van der Waals surface area (Å²) in [6.45, 7) is 1.97. The van der Waals surface area contributed by atoms with Gasteiger partial charge in [0, 0.05) is 32.5 Å². The summed E-state index contributed by atoms with van der Waals surface area (Å²) in [5.74, 6) is 0. The minimum Gasteiger partial charge on any atom is -0.355 e. The molecule has 0 radical (unpaired) electrons. The Hall–Kier alpha value is -1.77. The van der Waals surface area contributed by atoms with Crippen molar-refractivity contribution in [2.24, 2.45) is 0 Å². The van der Waals surface area contributed by atoms with Gasteiger partial charge < -0.3 is 5.32 Å². The second-order valence-corrected chi connectivity index (χ2v) is 5.48. The van der Waals surface area contributed by atoms with Crippen LogP contribution in [0.3, 0.4) is 0 Å². The molecule has 0 aliphatic carbocycles. The van der Waals surface area contributed by atoms with Gasteiger partial charge in [-0.2, -0.15) is 0 Å². The van der Waals surface area contributed by atoms with Gasteiger partial charge in [-0.15, -0.1) is 0 Å². The van der Waals surface area contributed by atoms with E-state index in [0.717, 1.165) is 33.0 Å². The number of pyridine rings is 1. The Balaban J connectivity index is 2.10. The number of aromatic nitrogens is 1. The van der Waals surface area contributed by atoms with Crippen LogP contribution in [0.1, 0.15) is 5.69 Å². The molecule has 0 aliphatic heterocycles. The van der Waals surface area contributed by atoms with Crippen LogP contribution in [-0.2, 0) is 0 Å². The number of hydrogen-bond donors (Lipinski definition) is 1. The summed E-state index contributed by atoms with van der Waals surface area (Å²) >= 11 is 12.0. The van der Waals surface area contributed by atoms with Crippen molar-refractivity contribution >= 4 is 45.5 Å². The Kier molecular flexibility index (Phi) is 3.51. The van der Waals surface area contributed by atoms with E-state index in [9.17, 15) is 0 Å². The first kappa shape index (κ1) is 13.2. The van der Waals surface area contributed by atoms with E-state index in [4.69, 9.17) is 23.2 Å². The number of fused-ring (bicyclic) bond motifs is 1. The van der Waals surface area contributed by atoms with Gasteiger partial charge in [0.05, 0.1) is 5.52 Å². The molecular formula is C16H12Cl2N2. The van der Waals surface area contributed by atoms with Gasteiger partial charge in [-0.3, -0.25) is 4.98 Å². The summed E-state index contributed by atoms with van der Waals surface area (Å²) in [4.78, 5) is 4.51. The summed E-state index contributed by atoms with van der Waals surface area (Å²) < 4.78 is 0. The molecule has 0 amide bonds. The van der Waals surface area contributed by atoms with E-state index in [1.54, 1.807) is 0 Å². The van der Waals surface area contributed by atoms with Crippen LogP contribution in [-0.4, -0.2) is 4.98 Å². The molecule has 0 saturated carbocycles. The van der Waals surface area contributed by atoms with E-state index in [2.05, 4.69) is 10.3 Å². The predicted octanol–water partition coefficient (Wildman–Crippen LogP) is 5.59. The zero-order valence-corrected chi connectivity index (χ0v) is 12.3. The molecule has 100 valence electrons. The van der Waals surface area contributed by atoms with Crippen molar-refractivity contribution in [3.8, 4) is 0 Å². The summed E-state index contributed by atoms with van der Waals surface area (Å²) in [6.07, 6.45) is 0. The Bertz CT molecular complexity index is 767. The average Bonchev–Trinajstić information content (AvgIpc) is 2.42. The number of anilines is 2. The Morgan fingerprint density at radius 3 is 2.35 bits per heavy atom. The highest BCUT2D eigenvalue weighted by Gasteiger charge is 2.05. The van der Waals surface area contributed by atoms with E-state index in [-0.39, 0.29) is 0 Å². The lowest BCUT2D eigenvalue weighted by Crippen LogP contribution is -1.94. The zero-order valence-electron chi connectivity index (χ0n) is 10.8. The molecule has 3 rings (SSSR count). The molecule has 4 heteroatoms. The first-order valence-electron chi connectivity index (χ1n) is 6.21. The molecule has 0 atom stereocenters. The largest absolute Gasteiger partial charge is 0.355 e. The van der Waals surface area contributed by atoms with Crippen LogP contribution >= 0.6 is 23.2 Å². The number of rotatable bonds is 2. The number of halogens is 2. The van der Waals surface area contributed by atoms with Gasteiger partial charge in [0.25, 0.3) is 0 Å². The maximum absolute atomic E-state index is 6.08. The van der Waals surface area contributed by atoms with Gasteiger partial charge in [-0.1, -0.05) is 23.2 Å². The van der Waals surface area contributed by atoms with Gasteiger partial charge in [0.1, 0.15) is 0 Å². The van der Waals surface area contributed by atoms with Gasteiger partial charge in [0.15, 0.2) is 0 Å². The van der Waals surface area contributed by atoms with Crippen molar-refractivity contribution < 1.29 is 0 Å². The molecule has 0 unspecified atom stereocenters. The van der Waals surface area contributed by atoms with Crippen molar-refractivity contribution in [1.82, 2.24) is 4.98 Å². The van der Waals surface area contributed by atoms with E-state index in [1.165, 1.54) is 0 Å². The summed E-state index contributed by atoms with van der Waals surface area (Å²) in [5.41, 5.74) is 3.83. The molecule has 3 aromatic rings. The molecule has 0 aliphatic rings. The lowest BCUT2D eigenvalue weighted by atomic mass is 10.1. The molecule has 0 fully saturated rings. The fourth-order valence-electron chi connectivity index (χ4n) is 2.12. The third-order valence-corrected chi connectivity index (χ3v) is 3.51. The molecule has 2 nitrogen and oxygen atoms in total. The van der Waals surface area contributed by atoms with Gasteiger partial charge in [0.2, 0.25) is 0 Å². The molecule has 20 heavy (non-hydrogen) atoms. The first-order valence-corrected chi connectivity index (χ1v) is 6.97. The standard InChI is InChI=1S/C16H12Cl2N2/c1-10-8-16(20-13-5-2-11(17)3-6-13)14-9-12(18)4-7-15(14)19-10/h2-9H,1H3,(H,19,20). The van der Waals surface area contributed by atoms with Gasteiger partial charge in [-0.05, 0) is 55.5 Å². The topological polar surface area (TPSA) is 24.9 Å². The molecule has 1 aromatic heterocycles. The molecule has 0 spiro atoms. The second kappa shape index (κ2) is 5.31. The molecule has 1 N–H and O–H groups in total. The Morgan fingerprint density at radius 2 is 1.60 bits per heavy atom. The normalized spacial score (nSPS) is 10.8. The van der Waals surface area contributed by atoms with Gasteiger partial charge >= 0.3 is 0 Å². The van der Waals surface area contributed by atoms with E-state index < -0.39 is 0 Å². The maximum atomic E-state index is 6.08. The fourth-order valence-corrected chi connectivity index (χ4v) is 2.42. The number of aryl methyl sites for hydroxylation is 1. The monoisotopic (exact) mass is 302 g/mol. The van der Waals surface area contributed by atoms with Crippen molar-refractivity contribution in [2.75, 3.05) is 5.32 Å². The van der Waals surface area contributed by atoms with Crippen LogP contribution in [0.5, 0.6) is 0 Å². The Labute approximate surface area is 127 Å². The van der Waals surface area contributed by atoms with E-state index >= 15 is 0 Å². The molecule has 1 heterocycles. The fraction of sp³-hybridized carbons (Fsp3) is 0.0625. The highest BCUT2D eigenvalue weighted by atomic mass is 35.5. The summed E-state index contributed by atoms with van der Waals surface area (Å²) in [6, 6.07) is 15.3. The number of nitrogens with zero attached hydrogens (tertiary/aromatic N) is 1. The number of benzene rings is 2. The highest BCUT2D eigenvalue weighted by Crippen LogP contribution is 2.29. The molecule has 2 aromatic carbocycles. The lowest BCUT2D eigenvalue weighted by molar-refractivity contribution is 1.25. The smallest absolute Gasteiger partial charge is 0.0727 e. The van der Waals surface area contributed by atoms with Crippen LogP contribution in [0, 0.1) is 6.92 Å².